The first kappa shape index (κ1) is 14.3. The summed E-state index contributed by atoms with van der Waals surface area (Å²) in [5, 5.41) is 5.70. The minimum atomic E-state index is -0.282. The number of benzene rings is 1. The smallest absolute Gasteiger partial charge is 0.261 e. The average molecular weight is 384 g/mol. The zero-order valence-electron chi connectivity index (χ0n) is 10.5. The van der Waals surface area contributed by atoms with Crippen molar-refractivity contribution in [2.45, 2.75) is 0 Å². The summed E-state index contributed by atoms with van der Waals surface area (Å²) in [5.74, 6) is -0.282. The highest BCUT2D eigenvalue weighted by Gasteiger charge is 2.15. The van der Waals surface area contributed by atoms with E-state index in [-0.39, 0.29) is 5.91 Å². The molecule has 0 atom stereocenters. The van der Waals surface area contributed by atoms with E-state index in [4.69, 9.17) is 16.0 Å². The number of carbonyl (C=O) groups is 1. The van der Waals surface area contributed by atoms with Crippen LogP contribution in [0, 0.1) is 0 Å². The molecule has 2 aromatic heterocycles. The molecule has 0 unspecified atom stereocenters. The summed E-state index contributed by atoms with van der Waals surface area (Å²) < 4.78 is 5.43. The standard InChI is InChI=1S/C14H8BrClN2O2S/c15-12-9(5-6-20-12)13(19)18-14-17-11(7-21-14)8-3-1-2-4-10(8)16/h1-7H,(H,17,18,19). The minimum Gasteiger partial charge on any atom is -0.457 e. The Hall–Kier alpha value is -1.63. The Kier molecular flexibility index (Phi) is 4.10. The van der Waals surface area contributed by atoms with Crippen molar-refractivity contribution < 1.29 is 9.21 Å². The van der Waals surface area contributed by atoms with Gasteiger partial charge in [0, 0.05) is 16.0 Å². The van der Waals surface area contributed by atoms with Gasteiger partial charge in [0.25, 0.3) is 5.91 Å². The van der Waals surface area contributed by atoms with Gasteiger partial charge in [-0.25, -0.2) is 4.98 Å². The third-order valence-electron chi connectivity index (χ3n) is 2.74. The van der Waals surface area contributed by atoms with Gasteiger partial charge in [0.05, 0.1) is 17.5 Å². The van der Waals surface area contributed by atoms with Crippen LogP contribution in [0.2, 0.25) is 5.02 Å². The second-order valence-corrected chi connectivity index (χ2v) is 6.07. The molecule has 1 N–H and O–H groups in total. The molecule has 21 heavy (non-hydrogen) atoms. The Balaban J connectivity index is 1.82. The van der Waals surface area contributed by atoms with Crippen LogP contribution in [0.1, 0.15) is 10.4 Å². The number of rotatable bonds is 3. The molecule has 0 saturated carbocycles. The highest BCUT2D eigenvalue weighted by molar-refractivity contribution is 9.10. The fraction of sp³-hybridized carbons (Fsp3) is 0. The van der Waals surface area contributed by atoms with Crippen molar-refractivity contribution in [2.75, 3.05) is 5.32 Å². The fourth-order valence-electron chi connectivity index (χ4n) is 1.74. The van der Waals surface area contributed by atoms with E-state index in [1.165, 1.54) is 17.6 Å². The number of nitrogens with zero attached hydrogens (tertiary/aromatic N) is 1. The Bertz CT molecular complexity index is 800. The summed E-state index contributed by atoms with van der Waals surface area (Å²) in [7, 11) is 0. The van der Waals surface area contributed by atoms with Crippen molar-refractivity contribution >= 4 is 49.9 Å². The van der Waals surface area contributed by atoms with Crippen LogP contribution >= 0.6 is 38.9 Å². The van der Waals surface area contributed by atoms with Crippen LogP contribution in [0.3, 0.4) is 0 Å². The van der Waals surface area contributed by atoms with E-state index >= 15 is 0 Å². The molecule has 3 rings (SSSR count). The topological polar surface area (TPSA) is 55.1 Å². The molecule has 0 aliphatic carbocycles. The Labute approximate surface area is 137 Å². The van der Waals surface area contributed by atoms with Crippen molar-refractivity contribution in [3.05, 3.63) is 57.2 Å². The van der Waals surface area contributed by atoms with Crippen LogP contribution in [-0.4, -0.2) is 10.9 Å². The van der Waals surface area contributed by atoms with Gasteiger partial charge in [-0.3, -0.25) is 10.1 Å². The first-order chi connectivity index (χ1) is 10.1. The summed E-state index contributed by atoms with van der Waals surface area (Å²) in [5.41, 5.74) is 1.98. The molecule has 0 bridgehead atoms. The van der Waals surface area contributed by atoms with Crippen LogP contribution in [-0.2, 0) is 0 Å². The Morgan fingerprint density at radius 2 is 2.14 bits per heavy atom. The number of nitrogens with one attached hydrogen (secondary N) is 1. The second-order valence-electron chi connectivity index (χ2n) is 4.08. The summed E-state index contributed by atoms with van der Waals surface area (Å²) in [4.78, 5) is 16.4. The SMILES string of the molecule is O=C(Nc1nc(-c2ccccc2Cl)cs1)c1ccoc1Br. The highest BCUT2D eigenvalue weighted by Crippen LogP contribution is 2.30. The molecule has 7 heteroatoms. The molecule has 3 aromatic rings. The van der Waals surface area contributed by atoms with E-state index < -0.39 is 0 Å². The molecule has 106 valence electrons. The van der Waals surface area contributed by atoms with E-state index in [0.717, 1.165) is 11.3 Å². The normalized spacial score (nSPS) is 10.6. The zero-order valence-corrected chi connectivity index (χ0v) is 13.6. The Morgan fingerprint density at radius 3 is 2.86 bits per heavy atom. The third-order valence-corrected chi connectivity index (χ3v) is 4.44. The predicted octanol–water partition coefficient (Wildman–Crippen LogP) is 5.07. The number of halogens is 2. The first-order valence-corrected chi connectivity index (χ1v) is 7.95. The predicted molar refractivity (Wildman–Crippen MR) is 86.9 cm³/mol. The largest absolute Gasteiger partial charge is 0.457 e. The summed E-state index contributed by atoms with van der Waals surface area (Å²) in [6.45, 7) is 0. The van der Waals surface area contributed by atoms with Crippen molar-refractivity contribution in [2.24, 2.45) is 0 Å². The van der Waals surface area contributed by atoms with Crippen LogP contribution < -0.4 is 5.32 Å². The summed E-state index contributed by atoms with van der Waals surface area (Å²) in [6.07, 6.45) is 1.44. The van der Waals surface area contributed by atoms with Crippen LogP contribution in [0.5, 0.6) is 0 Å². The number of hydrogen-bond acceptors (Lipinski definition) is 4. The molecular weight excluding hydrogens is 376 g/mol. The quantitative estimate of drug-likeness (QED) is 0.687. The minimum absolute atomic E-state index is 0.282. The van der Waals surface area contributed by atoms with Crippen LogP contribution in [0.15, 0.2) is 51.1 Å². The van der Waals surface area contributed by atoms with Gasteiger partial charge in [0.15, 0.2) is 9.80 Å². The highest BCUT2D eigenvalue weighted by atomic mass is 79.9. The maximum atomic E-state index is 12.0. The Morgan fingerprint density at radius 1 is 1.33 bits per heavy atom. The molecule has 2 heterocycles. The third kappa shape index (κ3) is 3.02. The lowest BCUT2D eigenvalue weighted by atomic mass is 10.2. The van der Waals surface area contributed by atoms with E-state index in [1.807, 2.05) is 23.6 Å². The number of aromatic nitrogens is 1. The number of amides is 1. The number of thiazole rings is 1. The number of furan rings is 1. The van der Waals surface area contributed by atoms with Gasteiger partial charge in [0.1, 0.15) is 0 Å². The van der Waals surface area contributed by atoms with Crippen LogP contribution in [0.25, 0.3) is 11.3 Å². The second kappa shape index (κ2) is 6.01. The molecule has 0 fully saturated rings. The van der Waals surface area contributed by atoms with Gasteiger partial charge in [0.2, 0.25) is 0 Å². The first-order valence-electron chi connectivity index (χ1n) is 5.90. The van der Waals surface area contributed by atoms with E-state index in [9.17, 15) is 4.79 Å². The van der Waals surface area contributed by atoms with Gasteiger partial charge >= 0.3 is 0 Å². The number of carbonyl (C=O) groups excluding carboxylic acids is 1. The summed E-state index contributed by atoms with van der Waals surface area (Å²) >= 11 is 10.6. The maximum Gasteiger partial charge on any atom is 0.261 e. The van der Waals surface area contributed by atoms with E-state index in [0.29, 0.717) is 20.4 Å². The molecule has 0 spiro atoms. The van der Waals surface area contributed by atoms with Gasteiger partial charge in [-0.2, -0.15) is 0 Å². The van der Waals surface area contributed by atoms with Gasteiger partial charge in [-0.05, 0) is 28.1 Å². The van der Waals surface area contributed by atoms with E-state index in [2.05, 4.69) is 26.2 Å². The molecule has 0 aliphatic rings. The maximum absolute atomic E-state index is 12.0. The van der Waals surface area contributed by atoms with Crippen molar-refractivity contribution in [1.29, 1.82) is 0 Å². The molecule has 0 saturated heterocycles. The average Bonchev–Trinajstić information content (AvgIpc) is 3.08. The lowest BCUT2D eigenvalue weighted by Gasteiger charge is -2.00. The lowest BCUT2D eigenvalue weighted by molar-refractivity contribution is 0.102. The molecule has 0 aliphatic heterocycles. The van der Waals surface area contributed by atoms with Crippen LogP contribution in [0.4, 0.5) is 5.13 Å². The number of hydrogen-bond donors (Lipinski definition) is 1. The zero-order chi connectivity index (χ0) is 14.8. The van der Waals surface area contributed by atoms with Gasteiger partial charge in [-0.15, -0.1) is 11.3 Å². The number of anilines is 1. The monoisotopic (exact) mass is 382 g/mol. The van der Waals surface area contributed by atoms with E-state index in [1.54, 1.807) is 12.1 Å². The molecule has 4 nitrogen and oxygen atoms in total. The lowest BCUT2D eigenvalue weighted by Crippen LogP contribution is -2.11. The molecule has 0 radical (unpaired) electrons. The van der Waals surface area contributed by atoms with Gasteiger partial charge in [-0.1, -0.05) is 29.8 Å². The van der Waals surface area contributed by atoms with Crippen molar-refractivity contribution in [1.82, 2.24) is 4.98 Å². The van der Waals surface area contributed by atoms with Crippen molar-refractivity contribution in [3.8, 4) is 11.3 Å². The molecular formula is C14H8BrClN2O2S. The summed E-state index contributed by atoms with van der Waals surface area (Å²) in [6, 6.07) is 9.02. The van der Waals surface area contributed by atoms with Gasteiger partial charge < -0.3 is 4.42 Å². The van der Waals surface area contributed by atoms with Crippen molar-refractivity contribution in [3.63, 3.8) is 0 Å². The molecule has 1 amide bonds. The fourth-order valence-corrected chi connectivity index (χ4v) is 3.10. The molecule has 1 aromatic carbocycles.